The summed E-state index contributed by atoms with van der Waals surface area (Å²) in [5.74, 6) is 0.469. The van der Waals surface area contributed by atoms with Gasteiger partial charge in [-0.05, 0) is 67.1 Å². The molecule has 0 spiro atoms. The third-order valence-electron chi connectivity index (χ3n) is 9.95. The van der Waals surface area contributed by atoms with E-state index in [1.807, 2.05) is 58.9 Å². The van der Waals surface area contributed by atoms with E-state index in [4.69, 9.17) is 11.2 Å². The minimum absolute atomic E-state index is 0.0337. The van der Waals surface area contributed by atoms with E-state index in [0.29, 0.717) is 19.4 Å². The minimum Gasteiger partial charge on any atom is -0.497 e. The summed E-state index contributed by atoms with van der Waals surface area (Å²) in [6.07, 6.45) is 13.0. The number of amides is 5. The molecule has 1 aromatic carbocycles. The van der Waals surface area contributed by atoms with Crippen molar-refractivity contribution in [3.05, 3.63) is 42.5 Å². The summed E-state index contributed by atoms with van der Waals surface area (Å²) in [6.45, 7) is 13.6. The highest BCUT2D eigenvalue weighted by Crippen LogP contribution is 2.35. The Bertz CT molecular complexity index is 1420. The smallest absolute Gasteiger partial charge is 0.315 e. The number of carbonyl (C=O) groups excluding carboxylic acids is 5. The summed E-state index contributed by atoms with van der Waals surface area (Å²) in [7, 11) is 1.63. The summed E-state index contributed by atoms with van der Waals surface area (Å²) in [5, 5.41) is 11.5. The molecule has 274 valence electrons. The van der Waals surface area contributed by atoms with Gasteiger partial charge in [0.15, 0.2) is 0 Å². The van der Waals surface area contributed by atoms with Gasteiger partial charge in [-0.25, -0.2) is 4.79 Å². The van der Waals surface area contributed by atoms with Crippen molar-refractivity contribution in [2.24, 2.45) is 17.3 Å². The first-order chi connectivity index (χ1) is 23.7. The van der Waals surface area contributed by atoms with Gasteiger partial charge in [-0.2, -0.15) is 0 Å². The number of benzene rings is 1. The van der Waals surface area contributed by atoms with Crippen LogP contribution in [0.5, 0.6) is 5.75 Å². The number of carbonyl (C=O) groups is 5. The summed E-state index contributed by atoms with van der Waals surface area (Å²) in [4.78, 5) is 69.5. The molecule has 2 unspecified atom stereocenters. The van der Waals surface area contributed by atoms with Crippen LogP contribution in [0.2, 0.25) is 0 Å². The number of hydrogen-bond donors (Lipinski definition) is 4. The van der Waals surface area contributed by atoms with Crippen molar-refractivity contribution in [2.45, 2.75) is 116 Å². The molecule has 0 bridgehead atoms. The highest BCUT2D eigenvalue weighted by molar-refractivity contribution is 6.38. The number of likely N-dealkylation sites (tertiary alicyclic amines) is 1. The zero-order chi connectivity index (χ0) is 37.1. The fourth-order valence-corrected chi connectivity index (χ4v) is 7.23. The third kappa shape index (κ3) is 10.6. The molecule has 11 nitrogen and oxygen atoms in total. The molecule has 1 heterocycles. The fourth-order valence-electron chi connectivity index (χ4n) is 7.23. The quantitative estimate of drug-likeness (QED) is 0.123. The van der Waals surface area contributed by atoms with Gasteiger partial charge in [0.25, 0.3) is 5.91 Å². The van der Waals surface area contributed by atoms with Crippen molar-refractivity contribution in [1.82, 2.24) is 26.2 Å². The van der Waals surface area contributed by atoms with Crippen LogP contribution in [0, 0.1) is 29.6 Å². The van der Waals surface area contributed by atoms with E-state index in [1.54, 1.807) is 7.11 Å². The van der Waals surface area contributed by atoms with Crippen LogP contribution in [0.15, 0.2) is 36.9 Å². The Morgan fingerprint density at radius 3 is 2.42 bits per heavy atom. The molecule has 1 saturated carbocycles. The van der Waals surface area contributed by atoms with Crippen LogP contribution >= 0.6 is 0 Å². The molecule has 2 fully saturated rings. The van der Waals surface area contributed by atoms with E-state index < -0.39 is 52.7 Å². The topological polar surface area (TPSA) is 146 Å². The second kappa shape index (κ2) is 18.1. The van der Waals surface area contributed by atoms with Gasteiger partial charge in [0.05, 0.1) is 13.2 Å². The number of rotatable bonds is 15. The Morgan fingerprint density at radius 1 is 1.12 bits per heavy atom. The lowest BCUT2D eigenvalue weighted by molar-refractivity contribution is -0.144. The van der Waals surface area contributed by atoms with Crippen LogP contribution in [-0.2, 0) is 25.6 Å². The Kier molecular flexibility index (Phi) is 14.5. The Hall–Kier alpha value is -4.33. The molecule has 2 aliphatic rings. The number of nitrogens with zero attached hydrogens (tertiary/aromatic N) is 1. The number of methoxy groups -OCH3 is 1. The monoisotopic (exact) mass is 691 g/mol. The maximum Gasteiger partial charge on any atom is 0.315 e. The molecular weight excluding hydrogens is 634 g/mol. The van der Waals surface area contributed by atoms with Crippen LogP contribution in [0.4, 0.5) is 4.79 Å². The number of ether oxygens (including phenoxy) is 1. The highest BCUT2D eigenvalue weighted by Gasteiger charge is 2.48. The van der Waals surface area contributed by atoms with Gasteiger partial charge in [0.2, 0.25) is 17.6 Å². The first kappa shape index (κ1) is 40.1. The van der Waals surface area contributed by atoms with Crippen molar-refractivity contribution < 1.29 is 28.7 Å². The third-order valence-corrected chi connectivity index (χ3v) is 9.95. The van der Waals surface area contributed by atoms with Crippen molar-refractivity contribution >= 4 is 29.5 Å². The molecular formula is C39H57N5O6. The maximum atomic E-state index is 14.5. The van der Waals surface area contributed by atoms with Crippen molar-refractivity contribution in [3.8, 4) is 18.1 Å². The van der Waals surface area contributed by atoms with Gasteiger partial charge in [0.1, 0.15) is 17.8 Å². The van der Waals surface area contributed by atoms with Crippen LogP contribution in [-0.4, -0.2) is 78.3 Å². The molecule has 0 radical (unpaired) electrons. The minimum atomic E-state index is -1.16. The molecule has 11 heteroatoms. The Balaban J connectivity index is 1.85. The van der Waals surface area contributed by atoms with Gasteiger partial charge in [0, 0.05) is 25.0 Å². The Labute approximate surface area is 298 Å². The molecule has 1 aliphatic carbocycles. The van der Waals surface area contributed by atoms with Gasteiger partial charge < -0.3 is 30.9 Å². The predicted octanol–water partition coefficient (Wildman–Crippen LogP) is 4.30. The number of ketones is 1. The second-order valence-corrected chi connectivity index (χ2v) is 15.1. The summed E-state index contributed by atoms with van der Waals surface area (Å²) in [6, 6.07) is 4.39. The normalized spacial score (nSPS) is 19.8. The van der Waals surface area contributed by atoms with Crippen molar-refractivity contribution in [1.29, 1.82) is 0 Å². The lowest BCUT2D eigenvalue weighted by atomic mass is 9.77. The molecule has 4 atom stereocenters. The molecule has 5 amide bonds. The molecule has 4 N–H and O–H groups in total. The Morgan fingerprint density at radius 2 is 1.82 bits per heavy atom. The van der Waals surface area contributed by atoms with E-state index in [0.717, 1.165) is 43.4 Å². The fraction of sp³-hybridized carbons (Fsp3) is 0.615. The number of hydrogen-bond acceptors (Lipinski definition) is 6. The van der Waals surface area contributed by atoms with Crippen LogP contribution in [0.1, 0.15) is 91.5 Å². The SMILES string of the molecule is C#CCCC(NC(=O)[C@@H]1C(C(C)C)CCN1C(=O)[C@@H](NC(=O)NC1(Cc2cccc(OC)c2)CCCCC1)C(C)(C)C)C(=O)C(=O)NCC=C. The van der Waals surface area contributed by atoms with Gasteiger partial charge in [-0.1, -0.05) is 72.1 Å². The number of Topliss-reactive ketones (excluding diaryl/α,β-unsaturated/α-hetero) is 1. The standard InChI is InChI=1S/C39H57N5O6/c1-9-11-18-30(32(45)35(47)40-22-10-2)41-34(46)31-29(26(3)4)19-23-44(31)36(48)33(38(5,6)7)42-37(49)43-39(20-13-12-14-21-39)25-27-16-15-17-28(24-27)50-8/h1,10,15-17,24,26,29-31,33H,2,11-14,18-23,25H2,3-8H3,(H,40,47)(H,41,46)(H2,42,43,49)/t29?,30?,31-,33+/m0/s1. The first-order valence-corrected chi connectivity index (χ1v) is 17.8. The largest absolute Gasteiger partial charge is 0.497 e. The van der Waals surface area contributed by atoms with E-state index in [2.05, 4.69) is 33.8 Å². The van der Waals surface area contributed by atoms with Crippen molar-refractivity contribution in [2.75, 3.05) is 20.2 Å². The van der Waals surface area contributed by atoms with E-state index >= 15 is 0 Å². The average molecular weight is 692 g/mol. The van der Waals surface area contributed by atoms with Crippen LogP contribution < -0.4 is 26.0 Å². The van der Waals surface area contributed by atoms with Crippen molar-refractivity contribution in [3.63, 3.8) is 0 Å². The zero-order valence-corrected chi connectivity index (χ0v) is 30.7. The zero-order valence-electron chi connectivity index (χ0n) is 30.7. The summed E-state index contributed by atoms with van der Waals surface area (Å²) >= 11 is 0. The van der Waals surface area contributed by atoms with E-state index in [1.165, 1.54) is 11.0 Å². The maximum absolute atomic E-state index is 14.5. The summed E-state index contributed by atoms with van der Waals surface area (Å²) in [5.41, 5.74) is -0.138. The van der Waals surface area contributed by atoms with Gasteiger partial charge in [-0.15, -0.1) is 18.9 Å². The van der Waals surface area contributed by atoms with Gasteiger partial charge in [-0.3, -0.25) is 19.2 Å². The first-order valence-electron chi connectivity index (χ1n) is 17.8. The molecule has 50 heavy (non-hydrogen) atoms. The molecule has 1 saturated heterocycles. The highest BCUT2D eigenvalue weighted by atomic mass is 16.5. The second-order valence-electron chi connectivity index (χ2n) is 15.1. The number of nitrogens with one attached hydrogen (secondary N) is 4. The van der Waals surface area contributed by atoms with E-state index in [-0.39, 0.29) is 37.1 Å². The lowest BCUT2D eigenvalue weighted by Gasteiger charge is -2.40. The van der Waals surface area contributed by atoms with Crippen LogP contribution in [0.25, 0.3) is 0 Å². The molecule has 3 rings (SSSR count). The van der Waals surface area contributed by atoms with Gasteiger partial charge >= 0.3 is 6.03 Å². The summed E-state index contributed by atoms with van der Waals surface area (Å²) < 4.78 is 5.43. The van der Waals surface area contributed by atoms with Crippen LogP contribution in [0.3, 0.4) is 0 Å². The average Bonchev–Trinajstić information content (AvgIpc) is 3.53. The molecule has 1 aliphatic heterocycles. The number of urea groups is 1. The van der Waals surface area contributed by atoms with E-state index in [9.17, 15) is 24.0 Å². The molecule has 0 aromatic heterocycles. The number of terminal acetylenes is 1. The predicted molar refractivity (Wildman–Crippen MR) is 194 cm³/mol. The molecule has 1 aromatic rings. The lowest BCUT2D eigenvalue weighted by Crippen LogP contribution is -2.63.